The van der Waals surface area contributed by atoms with Gasteiger partial charge in [-0.1, -0.05) is 18.2 Å². The number of piperazine rings is 1. The van der Waals surface area contributed by atoms with Gasteiger partial charge in [-0.2, -0.15) is 0 Å². The number of amides is 1. The molecule has 4 nitrogen and oxygen atoms in total. The summed E-state index contributed by atoms with van der Waals surface area (Å²) in [5, 5.41) is 2.85. The molecular weight excluding hydrogens is 373 g/mol. The van der Waals surface area contributed by atoms with Gasteiger partial charge in [0.15, 0.2) is 0 Å². The minimum atomic E-state index is -0.251. The molecule has 1 aliphatic heterocycles. The predicted octanol–water partition coefficient (Wildman–Crippen LogP) is 4.23. The second-order valence-corrected chi connectivity index (χ2v) is 7.71. The number of nitrogens with zero attached hydrogens (tertiary/aromatic N) is 3. The number of carbonyl (C=O) groups is 1. The summed E-state index contributed by atoms with van der Waals surface area (Å²) in [4.78, 5) is 21.4. The van der Waals surface area contributed by atoms with Crippen molar-refractivity contribution in [2.75, 3.05) is 31.1 Å². The highest BCUT2D eigenvalue weighted by atomic mass is 32.1. The molecule has 6 heteroatoms. The number of halogens is 1. The summed E-state index contributed by atoms with van der Waals surface area (Å²) < 4.78 is 13.1. The Morgan fingerprint density at radius 2 is 1.71 bits per heavy atom. The van der Waals surface area contributed by atoms with Gasteiger partial charge in [-0.25, -0.2) is 9.37 Å². The van der Waals surface area contributed by atoms with Crippen LogP contribution in [0, 0.1) is 5.82 Å². The number of thiazole rings is 1. The molecule has 0 unspecified atom stereocenters. The van der Waals surface area contributed by atoms with E-state index in [1.54, 1.807) is 12.1 Å². The Labute approximate surface area is 168 Å². The summed E-state index contributed by atoms with van der Waals surface area (Å²) in [6, 6.07) is 16.7. The van der Waals surface area contributed by atoms with E-state index in [4.69, 9.17) is 0 Å². The third kappa shape index (κ3) is 4.39. The summed E-state index contributed by atoms with van der Waals surface area (Å²) >= 11 is 1.53. The standard InChI is InChI=1S/C22H22FN3OS/c23-18-8-6-17(7-9-18)22-24-19(16-28-22)10-11-21(27)26-14-12-25(13-15-26)20-4-2-1-3-5-20/h1-9,16H,10-15H2. The van der Waals surface area contributed by atoms with Crippen LogP contribution < -0.4 is 4.90 Å². The second kappa shape index (κ2) is 8.52. The Hall–Kier alpha value is -2.73. The Morgan fingerprint density at radius 3 is 2.43 bits per heavy atom. The van der Waals surface area contributed by atoms with Crippen molar-refractivity contribution in [3.05, 3.63) is 71.5 Å². The molecular formula is C22H22FN3OS. The molecule has 0 radical (unpaired) electrons. The van der Waals surface area contributed by atoms with Crippen molar-refractivity contribution in [1.82, 2.24) is 9.88 Å². The van der Waals surface area contributed by atoms with Crippen molar-refractivity contribution in [1.29, 1.82) is 0 Å². The fourth-order valence-corrected chi connectivity index (χ4v) is 4.25. The number of carbonyl (C=O) groups excluding carboxylic acids is 1. The van der Waals surface area contributed by atoms with Crippen molar-refractivity contribution in [2.45, 2.75) is 12.8 Å². The minimum Gasteiger partial charge on any atom is -0.368 e. The van der Waals surface area contributed by atoms with Crippen LogP contribution in [0.2, 0.25) is 0 Å². The third-order valence-electron chi connectivity index (χ3n) is 4.99. The molecule has 1 fully saturated rings. The average Bonchev–Trinajstić information content (AvgIpc) is 3.22. The van der Waals surface area contributed by atoms with Gasteiger partial charge in [-0.15, -0.1) is 11.3 Å². The number of rotatable bonds is 5. The summed E-state index contributed by atoms with van der Waals surface area (Å²) in [5.41, 5.74) is 3.03. The SMILES string of the molecule is O=C(CCc1csc(-c2ccc(F)cc2)n1)N1CCN(c2ccccc2)CC1. The van der Waals surface area contributed by atoms with Crippen LogP contribution in [0.25, 0.3) is 10.6 Å². The van der Waals surface area contributed by atoms with Gasteiger partial charge in [-0.3, -0.25) is 4.79 Å². The maximum absolute atomic E-state index is 13.1. The number of aromatic nitrogens is 1. The number of hydrogen-bond acceptors (Lipinski definition) is 4. The van der Waals surface area contributed by atoms with Crippen LogP contribution in [0.5, 0.6) is 0 Å². The fourth-order valence-electron chi connectivity index (χ4n) is 3.39. The first-order valence-corrected chi connectivity index (χ1v) is 10.3. The predicted molar refractivity (Wildman–Crippen MR) is 111 cm³/mol. The maximum atomic E-state index is 13.1. The largest absolute Gasteiger partial charge is 0.368 e. The van der Waals surface area contributed by atoms with Crippen molar-refractivity contribution in [3.63, 3.8) is 0 Å². The lowest BCUT2D eigenvalue weighted by atomic mass is 10.2. The van der Waals surface area contributed by atoms with Crippen LogP contribution in [0.4, 0.5) is 10.1 Å². The molecule has 0 spiro atoms. The summed E-state index contributed by atoms with van der Waals surface area (Å²) in [6.07, 6.45) is 1.10. The van der Waals surface area contributed by atoms with Gasteiger partial charge in [0.05, 0.1) is 5.69 Å². The van der Waals surface area contributed by atoms with E-state index in [9.17, 15) is 9.18 Å². The molecule has 1 saturated heterocycles. The molecule has 0 aliphatic carbocycles. The average molecular weight is 396 g/mol. The van der Waals surface area contributed by atoms with Gasteiger partial charge in [0.2, 0.25) is 5.91 Å². The molecule has 0 saturated carbocycles. The molecule has 28 heavy (non-hydrogen) atoms. The Kier molecular flexibility index (Phi) is 5.67. The molecule has 0 N–H and O–H groups in total. The highest BCUT2D eigenvalue weighted by Gasteiger charge is 2.21. The zero-order valence-electron chi connectivity index (χ0n) is 15.6. The smallest absolute Gasteiger partial charge is 0.223 e. The molecule has 2 aromatic carbocycles. The van der Waals surface area contributed by atoms with Crippen LogP contribution in [0.3, 0.4) is 0 Å². The number of para-hydroxylation sites is 1. The molecule has 1 amide bonds. The molecule has 2 heterocycles. The van der Waals surface area contributed by atoms with Crippen LogP contribution >= 0.6 is 11.3 Å². The number of anilines is 1. The molecule has 1 aliphatic rings. The van der Waals surface area contributed by atoms with Gasteiger partial charge in [-0.05, 0) is 42.8 Å². The number of hydrogen-bond donors (Lipinski definition) is 0. The van der Waals surface area contributed by atoms with Crippen molar-refractivity contribution in [2.24, 2.45) is 0 Å². The maximum Gasteiger partial charge on any atom is 0.223 e. The van der Waals surface area contributed by atoms with Gasteiger partial charge in [0.1, 0.15) is 10.8 Å². The lowest BCUT2D eigenvalue weighted by Crippen LogP contribution is -2.48. The summed E-state index contributed by atoms with van der Waals surface area (Å²) in [7, 11) is 0. The van der Waals surface area contributed by atoms with Crippen molar-refractivity contribution < 1.29 is 9.18 Å². The van der Waals surface area contributed by atoms with Gasteiger partial charge in [0, 0.05) is 49.2 Å². The van der Waals surface area contributed by atoms with E-state index < -0.39 is 0 Å². The summed E-state index contributed by atoms with van der Waals surface area (Å²) in [5.74, 6) is -0.0671. The lowest BCUT2D eigenvalue weighted by molar-refractivity contribution is -0.131. The highest BCUT2D eigenvalue weighted by molar-refractivity contribution is 7.13. The van der Waals surface area contributed by atoms with Gasteiger partial charge >= 0.3 is 0 Å². The Bertz CT molecular complexity index is 918. The Balaban J connectivity index is 1.28. The van der Waals surface area contributed by atoms with Crippen molar-refractivity contribution >= 4 is 22.9 Å². The first kappa shape index (κ1) is 18.6. The quantitative estimate of drug-likeness (QED) is 0.649. The van der Waals surface area contributed by atoms with Crippen molar-refractivity contribution in [3.8, 4) is 10.6 Å². The van der Waals surface area contributed by atoms with Crippen LogP contribution in [-0.4, -0.2) is 42.0 Å². The molecule has 4 rings (SSSR count). The molecule has 1 aromatic heterocycles. The van der Waals surface area contributed by atoms with E-state index in [0.29, 0.717) is 12.8 Å². The van der Waals surface area contributed by atoms with E-state index in [1.165, 1.54) is 29.2 Å². The van der Waals surface area contributed by atoms with Crippen LogP contribution in [0.15, 0.2) is 60.0 Å². The first-order chi connectivity index (χ1) is 13.7. The zero-order valence-corrected chi connectivity index (χ0v) is 16.4. The number of aryl methyl sites for hydroxylation is 1. The van der Waals surface area contributed by atoms with E-state index in [2.05, 4.69) is 22.0 Å². The molecule has 0 bridgehead atoms. The molecule has 3 aromatic rings. The molecule has 144 valence electrons. The minimum absolute atomic E-state index is 0.184. The fraction of sp³-hybridized carbons (Fsp3) is 0.273. The topological polar surface area (TPSA) is 36.4 Å². The Morgan fingerprint density at radius 1 is 1.00 bits per heavy atom. The second-order valence-electron chi connectivity index (χ2n) is 6.85. The summed E-state index contributed by atoms with van der Waals surface area (Å²) in [6.45, 7) is 3.24. The van der Waals surface area contributed by atoms with Gasteiger partial charge < -0.3 is 9.80 Å². The highest BCUT2D eigenvalue weighted by Crippen LogP contribution is 2.24. The normalized spacial score (nSPS) is 14.3. The number of benzene rings is 2. The lowest BCUT2D eigenvalue weighted by Gasteiger charge is -2.36. The van der Waals surface area contributed by atoms with E-state index >= 15 is 0 Å². The third-order valence-corrected chi connectivity index (χ3v) is 5.93. The monoisotopic (exact) mass is 395 g/mol. The molecule has 0 atom stereocenters. The van der Waals surface area contributed by atoms with E-state index in [1.807, 2.05) is 28.5 Å². The zero-order chi connectivity index (χ0) is 19.3. The van der Waals surface area contributed by atoms with Gasteiger partial charge in [0.25, 0.3) is 0 Å². The first-order valence-electron chi connectivity index (χ1n) is 9.47. The van der Waals surface area contributed by atoms with Crippen LogP contribution in [-0.2, 0) is 11.2 Å². The van der Waals surface area contributed by atoms with Crippen LogP contribution in [0.1, 0.15) is 12.1 Å². The van der Waals surface area contributed by atoms with E-state index in [-0.39, 0.29) is 11.7 Å². The van der Waals surface area contributed by atoms with E-state index in [0.717, 1.165) is 42.4 Å².